The van der Waals surface area contributed by atoms with Gasteiger partial charge < -0.3 is 4.18 Å². The van der Waals surface area contributed by atoms with Crippen LogP contribution in [-0.4, -0.2) is 20.2 Å². The number of imide groups is 1. The molecule has 12 heteroatoms. The maximum absolute atomic E-state index is 14.0. The van der Waals surface area contributed by atoms with E-state index in [0.717, 1.165) is 6.07 Å². The lowest BCUT2D eigenvalue weighted by Crippen LogP contribution is -2.21. The van der Waals surface area contributed by atoms with Crippen molar-refractivity contribution in [3.8, 4) is 5.75 Å². The Morgan fingerprint density at radius 1 is 0.767 bits per heavy atom. The molecule has 0 aliphatic carbocycles. The zero-order valence-electron chi connectivity index (χ0n) is 14.2. The lowest BCUT2D eigenvalue weighted by molar-refractivity contribution is 0.0880. The molecular formula is C18H6F5NO5S. The molecule has 3 aromatic carbocycles. The van der Waals surface area contributed by atoms with E-state index in [-0.39, 0.29) is 16.3 Å². The van der Waals surface area contributed by atoms with Crippen molar-refractivity contribution < 1.29 is 44.1 Å². The van der Waals surface area contributed by atoms with Crippen molar-refractivity contribution in [1.29, 1.82) is 0 Å². The van der Waals surface area contributed by atoms with Gasteiger partial charge in [-0.15, -0.1) is 0 Å². The number of amides is 2. The Balaban J connectivity index is 1.96. The molecule has 1 aliphatic rings. The highest BCUT2D eigenvalue weighted by Crippen LogP contribution is 2.36. The van der Waals surface area contributed by atoms with Gasteiger partial charge in [0.1, 0.15) is 0 Å². The van der Waals surface area contributed by atoms with Gasteiger partial charge in [-0.1, -0.05) is 24.3 Å². The van der Waals surface area contributed by atoms with Crippen LogP contribution < -0.4 is 9.50 Å². The molecule has 0 saturated carbocycles. The van der Waals surface area contributed by atoms with E-state index in [2.05, 4.69) is 4.18 Å². The van der Waals surface area contributed by atoms with E-state index in [1.54, 1.807) is 0 Å². The fraction of sp³-hybridized carbons (Fsp3) is 0. The molecule has 1 N–H and O–H groups in total. The SMILES string of the molecule is O=C1NC(=O)c2c1c(OS(=O)(=O)c1c(F)c(F)c(F)c(F)c1F)cc1ccccc21. The molecule has 30 heavy (non-hydrogen) atoms. The largest absolute Gasteiger partial charge is 0.378 e. The van der Waals surface area contributed by atoms with Crippen LogP contribution in [0.15, 0.2) is 35.2 Å². The molecule has 3 aromatic rings. The minimum atomic E-state index is -5.66. The number of nitrogens with one attached hydrogen (secondary N) is 1. The van der Waals surface area contributed by atoms with Gasteiger partial charge in [-0.05, 0) is 16.8 Å². The van der Waals surface area contributed by atoms with Crippen LogP contribution in [0.5, 0.6) is 5.75 Å². The van der Waals surface area contributed by atoms with Crippen LogP contribution in [0.3, 0.4) is 0 Å². The molecule has 0 bridgehead atoms. The number of rotatable bonds is 3. The Morgan fingerprint density at radius 2 is 1.30 bits per heavy atom. The predicted molar refractivity (Wildman–Crippen MR) is 89.8 cm³/mol. The molecule has 1 heterocycles. The third-order valence-electron chi connectivity index (χ3n) is 4.31. The van der Waals surface area contributed by atoms with Gasteiger partial charge in [0.05, 0.1) is 11.1 Å². The summed E-state index contributed by atoms with van der Waals surface area (Å²) in [5.74, 6) is -15.6. The van der Waals surface area contributed by atoms with E-state index in [9.17, 15) is 40.0 Å². The van der Waals surface area contributed by atoms with E-state index in [1.165, 1.54) is 24.3 Å². The molecule has 154 valence electrons. The Hall–Kier alpha value is -3.54. The highest BCUT2D eigenvalue weighted by Gasteiger charge is 2.38. The van der Waals surface area contributed by atoms with Crippen LogP contribution in [0.2, 0.25) is 0 Å². The first kappa shape index (κ1) is 19.8. The van der Waals surface area contributed by atoms with Crippen molar-refractivity contribution in [2.45, 2.75) is 4.90 Å². The maximum atomic E-state index is 14.0. The number of carbonyl (C=O) groups is 2. The predicted octanol–water partition coefficient (Wildman–Crippen LogP) is 3.19. The first-order valence-corrected chi connectivity index (χ1v) is 9.32. The lowest BCUT2D eigenvalue weighted by Gasteiger charge is -2.13. The monoisotopic (exact) mass is 443 g/mol. The van der Waals surface area contributed by atoms with Crippen LogP contribution in [0, 0.1) is 29.1 Å². The molecule has 1 aliphatic heterocycles. The van der Waals surface area contributed by atoms with Gasteiger partial charge in [0.2, 0.25) is 5.82 Å². The highest BCUT2D eigenvalue weighted by molar-refractivity contribution is 7.87. The van der Waals surface area contributed by atoms with E-state index in [0.29, 0.717) is 0 Å². The van der Waals surface area contributed by atoms with Crippen LogP contribution in [-0.2, 0) is 10.1 Å². The molecule has 0 spiro atoms. The molecule has 0 atom stereocenters. The minimum Gasteiger partial charge on any atom is -0.378 e. The van der Waals surface area contributed by atoms with Gasteiger partial charge in [-0.2, -0.15) is 8.42 Å². The van der Waals surface area contributed by atoms with Crippen LogP contribution in [0.25, 0.3) is 10.8 Å². The Labute approximate surface area is 164 Å². The summed E-state index contributed by atoms with van der Waals surface area (Å²) in [4.78, 5) is 22.0. The Kier molecular flexibility index (Phi) is 4.27. The molecule has 4 rings (SSSR count). The normalized spacial score (nSPS) is 13.5. The molecule has 0 saturated heterocycles. The average molecular weight is 443 g/mol. The second kappa shape index (κ2) is 6.49. The van der Waals surface area contributed by atoms with Crippen LogP contribution in [0.4, 0.5) is 22.0 Å². The summed E-state index contributed by atoms with van der Waals surface area (Å²) in [7, 11) is -5.66. The number of hydrogen-bond acceptors (Lipinski definition) is 5. The lowest BCUT2D eigenvalue weighted by atomic mass is 9.99. The molecule has 0 radical (unpaired) electrons. The smallest absolute Gasteiger partial charge is 0.345 e. The summed E-state index contributed by atoms with van der Waals surface area (Å²) in [5.41, 5.74) is -0.827. The van der Waals surface area contributed by atoms with Gasteiger partial charge in [0.15, 0.2) is 33.9 Å². The van der Waals surface area contributed by atoms with E-state index < -0.39 is 67.2 Å². The minimum absolute atomic E-state index is 0.212. The Morgan fingerprint density at radius 3 is 1.93 bits per heavy atom. The molecular weight excluding hydrogens is 437 g/mol. The fourth-order valence-electron chi connectivity index (χ4n) is 3.04. The zero-order chi connectivity index (χ0) is 22.0. The molecule has 0 fully saturated rings. The summed E-state index contributed by atoms with van der Waals surface area (Å²) in [5, 5.41) is 2.38. The zero-order valence-corrected chi connectivity index (χ0v) is 15.0. The third kappa shape index (κ3) is 2.71. The van der Waals surface area contributed by atoms with E-state index >= 15 is 0 Å². The molecule has 0 unspecified atom stereocenters. The van der Waals surface area contributed by atoms with Crippen molar-refractivity contribution in [1.82, 2.24) is 5.32 Å². The standard InChI is InChI=1S/C18H6F5NO5S/c19-11-12(20)14(22)16(15(23)13(11)21)30(27,28)29-8-5-6-3-1-2-4-7(6)9-10(8)18(26)24-17(9)25/h1-5H,(H,24,25,26). The number of halogens is 5. The average Bonchev–Trinajstić information content (AvgIpc) is 2.99. The van der Waals surface area contributed by atoms with Crippen LogP contribution >= 0.6 is 0 Å². The second-order valence-corrected chi connectivity index (χ2v) is 7.55. The second-order valence-electron chi connectivity index (χ2n) is 6.07. The van der Waals surface area contributed by atoms with Crippen molar-refractivity contribution in [3.63, 3.8) is 0 Å². The number of benzene rings is 3. The van der Waals surface area contributed by atoms with Crippen molar-refractivity contribution >= 4 is 32.7 Å². The van der Waals surface area contributed by atoms with Crippen molar-refractivity contribution in [2.75, 3.05) is 0 Å². The fourth-order valence-corrected chi connectivity index (χ4v) is 4.11. The number of hydrogen-bond donors (Lipinski definition) is 1. The summed E-state index contributed by atoms with van der Waals surface area (Å²) in [6, 6.07) is 6.89. The molecule has 2 amide bonds. The van der Waals surface area contributed by atoms with Gasteiger partial charge in [-0.25, -0.2) is 22.0 Å². The number of fused-ring (bicyclic) bond motifs is 3. The van der Waals surface area contributed by atoms with Crippen LogP contribution in [0.1, 0.15) is 20.7 Å². The van der Waals surface area contributed by atoms with E-state index in [1.807, 2.05) is 5.32 Å². The first-order valence-electron chi connectivity index (χ1n) is 7.92. The highest BCUT2D eigenvalue weighted by atomic mass is 32.2. The molecule has 6 nitrogen and oxygen atoms in total. The first-order chi connectivity index (χ1) is 14.0. The third-order valence-corrected chi connectivity index (χ3v) is 5.57. The van der Waals surface area contributed by atoms with Gasteiger partial charge in [0, 0.05) is 0 Å². The summed E-state index contributed by atoms with van der Waals surface area (Å²) < 4.78 is 97.4. The van der Waals surface area contributed by atoms with Crippen molar-refractivity contribution in [3.05, 3.63) is 70.5 Å². The summed E-state index contributed by atoms with van der Waals surface area (Å²) in [6.07, 6.45) is 0. The number of carbonyl (C=O) groups excluding carboxylic acids is 2. The van der Waals surface area contributed by atoms with E-state index in [4.69, 9.17) is 0 Å². The summed E-state index contributed by atoms with van der Waals surface area (Å²) >= 11 is 0. The van der Waals surface area contributed by atoms with Gasteiger partial charge in [-0.3, -0.25) is 14.9 Å². The summed E-state index contributed by atoms with van der Waals surface area (Å²) in [6.45, 7) is 0. The van der Waals surface area contributed by atoms with Gasteiger partial charge >= 0.3 is 10.1 Å². The quantitative estimate of drug-likeness (QED) is 0.221. The topological polar surface area (TPSA) is 89.5 Å². The van der Waals surface area contributed by atoms with Crippen molar-refractivity contribution in [2.24, 2.45) is 0 Å². The Bertz CT molecular complexity index is 1380. The maximum Gasteiger partial charge on any atom is 0.345 e. The molecule has 0 aromatic heterocycles. The van der Waals surface area contributed by atoms with Gasteiger partial charge in [0.25, 0.3) is 11.8 Å².